The van der Waals surface area contributed by atoms with Gasteiger partial charge in [-0.1, -0.05) is 91.0 Å². The molecule has 2 amide bonds. The third kappa shape index (κ3) is 6.80. The Hall–Kier alpha value is -5.40. The summed E-state index contributed by atoms with van der Waals surface area (Å²) in [6, 6.07) is 33.0. The molecule has 55 heavy (non-hydrogen) atoms. The lowest BCUT2D eigenvalue weighted by Crippen LogP contribution is -2.46. The minimum Gasteiger partial charge on any atom is -0.432 e. The molecule has 12 heteroatoms. The molecule has 1 unspecified atom stereocenters. The number of nitrogens with one attached hydrogen (secondary N) is 2. The largest absolute Gasteiger partial charge is 0.432 e. The van der Waals surface area contributed by atoms with Gasteiger partial charge in [0.1, 0.15) is 0 Å². The van der Waals surface area contributed by atoms with Crippen LogP contribution in [0.25, 0.3) is 10.9 Å². The van der Waals surface area contributed by atoms with E-state index in [4.69, 9.17) is 4.74 Å². The molecule has 0 aliphatic carbocycles. The van der Waals surface area contributed by atoms with Crippen molar-refractivity contribution in [2.75, 3.05) is 16.8 Å². The van der Waals surface area contributed by atoms with Gasteiger partial charge in [-0.2, -0.15) is 0 Å². The molecule has 4 heterocycles. The summed E-state index contributed by atoms with van der Waals surface area (Å²) in [5.41, 5.74) is 5.14. The number of benzene rings is 4. The Labute approximate surface area is 321 Å². The fraction of sp³-hybridized carbons (Fsp3) is 0.302. The first kappa shape index (κ1) is 36.6. The number of fused-ring (bicyclic) bond motifs is 3. The van der Waals surface area contributed by atoms with Crippen LogP contribution >= 0.6 is 0 Å². The Balaban J connectivity index is 1.01. The van der Waals surface area contributed by atoms with Crippen LogP contribution in [-0.2, 0) is 39.4 Å². The van der Waals surface area contributed by atoms with E-state index in [1.807, 2.05) is 136 Å². The fourth-order valence-corrected chi connectivity index (χ4v) is 11.5. The van der Waals surface area contributed by atoms with Gasteiger partial charge in [-0.3, -0.25) is 14.3 Å². The number of aliphatic hydroxyl groups is 1. The summed E-state index contributed by atoms with van der Waals surface area (Å²) >= 11 is 0. The summed E-state index contributed by atoms with van der Waals surface area (Å²) < 4.78 is 8.77. The predicted molar refractivity (Wildman–Crippen MR) is 214 cm³/mol. The van der Waals surface area contributed by atoms with Crippen molar-refractivity contribution in [3.8, 4) is 0 Å². The van der Waals surface area contributed by atoms with Crippen molar-refractivity contribution in [3.05, 3.63) is 143 Å². The number of hydrogen-bond donors (Lipinski definition) is 4. The smallest absolute Gasteiger partial charge is 0.264 e. The second kappa shape index (κ2) is 14.7. The summed E-state index contributed by atoms with van der Waals surface area (Å²) in [4.78, 5) is 44.8. The van der Waals surface area contributed by atoms with Crippen LogP contribution in [0.4, 0.5) is 11.4 Å². The predicted octanol–water partition coefficient (Wildman–Crippen LogP) is 6.50. The lowest BCUT2D eigenvalue weighted by atomic mass is 9.82. The lowest BCUT2D eigenvalue weighted by molar-refractivity contribution is -0.146. The van der Waals surface area contributed by atoms with Crippen LogP contribution in [0.1, 0.15) is 47.2 Å². The minimum absolute atomic E-state index is 0.0936. The zero-order chi connectivity index (χ0) is 38.3. The normalized spacial score (nSPS) is 21.4. The molecule has 0 radical (unpaired) electrons. The van der Waals surface area contributed by atoms with Crippen LogP contribution in [0.15, 0.2) is 116 Å². The van der Waals surface area contributed by atoms with Crippen LogP contribution in [0.3, 0.4) is 0 Å². The molecule has 2 aromatic heterocycles. The van der Waals surface area contributed by atoms with E-state index in [0.29, 0.717) is 24.3 Å². The van der Waals surface area contributed by atoms with Gasteiger partial charge in [0.05, 0.1) is 43.0 Å². The molecule has 1 spiro atoms. The van der Waals surface area contributed by atoms with Crippen molar-refractivity contribution in [2.45, 2.75) is 69.1 Å². The maximum absolute atomic E-state index is 14.9. The third-order valence-electron chi connectivity index (χ3n) is 11.4. The first-order chi connectivity index (χ1) is 26.6. The first-order valence-corrected chi connectivity index (χ1v) is 21.9. The topological polar surface area (TPSA) is 146 Å². The molecule has 11 nitrogen and oxygen atoms in total. The van der Waals surface area contributed by atoms with Crippen molar-refractivity contribution in [1.29, 1.82) is 0 Å². The van der Waals surface area contributed by atoms with E-state index in [2.05, 4.69) is 20.6 Å². The molecule has 282 valence electrons. The van der Waals surface area contributed by atoms with Gasteiger partial charge in [-0.25, -0.2) is 0 Å². The molecule has 5 atom stereocenters. The zero-order valence-corrected chi connectivity index (χ0v) is 32.2. The standard InChI is InChI=1S/C43H46N6O5Si/c1-28-41(55(2,3)53)39(20-21-48-26-37(46-47-48)34(27-50)30-13-5-4-6-14-30)54-43(28)35-17-8-10-19-38(35)49(42(43)52)25-29-12-11-15-32(22-29)45-40(51)23-31-24-44-36-18-9-7-16-33(31)36/h4-19,22,24,26,28,34,39,41,44,50,53H,20-21,23,25,27H2,1-3H3,(H,45,51)/t28-,34?,39+,41-,43+/m1/s1. The average Bonchev–Trinajstić information content (AvgIpc) is 3.94. The maximum Gasteiger partial charge on any atom is 0.264 e. The SMILES string of the molecule is C[C@@H]1[C@@H]([Si](C)(C)O)[C@H](CCn2cc(C(CO)c3ccccc3)nn2)O[C@@]12C(=O)N(Cc1cccc(NC(=O)Cc3c[nH]c4ccccc34)c1)c1ccccc12. The van der Waals surface area contributed by atoms with E-state index < -0.39 is 20.0 Å². The minimum atomic E-state index is -2.87. The van der Waals surface area contributed by atoms with Crippen molar-refractivity contribution < 1.29 is 24.2 Å². The Bertz CT molecular complexity index is 2340. The van der Waals surface area contributed by atoms with E-state index in [0.717, 1.165) is 38.8 Å². The highest BCUT2D eigenvalue weighted by atomic mass is 28.4. The van der Waals surface area contributed by atoms with Crippen LogP contribution in [-0.4, -0.2) is 62.7 Å². The van der Waals surface area contributed by atoms with Crippen molar-refractivity contribution in [3.63, 3.8) is 0 Å². The number of para-hydroxylation sites is 2. The first-order valence-electron chi connectivity index (χ1n) is 18.9. The van der Waals surface area contributed by atoms with Crippen LogP contribution in [0.5, 0.6) is 0 Å². The van der Waals surface area contributed by atoms with Crippen molar-refractivity contribution in [1.82, 2.24) is 20.0 Å². The van der Waals surface area contributed by atoms with Gasteiger partial charge in [-0.05, 0) is 60.5 Å². The average molecular weight is 755 g/mol. The van der Waals surface area contributed by atoms with Gasteiger partial charge in [0.25, 0.3) is 5.91 Å². The van der Waals surface area contributed by atoms with Gasteiger partial charge in [0.15, 0.2) is 13.9 Å². The Morgan fingerprint density at radius 1 is 1.02 bits per heavy atom. The van der Waals surface area contributed by atoms with Crippen molar-refractivity contribution in [2.24, 2.45) is 5.92 Å². The highest BCUT2D eigenvalue weighted by Gasteiger charge is 2.66. The van der Waals surface area contributed by atoms with Crippen LogP contribution in [0, 0.1) is 5.92 Å². The molecule has 1 fully saturated rings. The van der Waals surface area contributed by atoms with Crippen LogP contribution in [0.2, 0.25) is 18.6 Å². The lowest BCUT2D eigenvalue weighted by Gasteiger charge is -2.32. The molecular weight excluding hydrogens is 709 g/mol. The van der Waals surface area contributed by atoms with E-state index in [1.54, 1.807) is 9.58 Å². The summed E-state index contributed by atoms with van der Waals surface area (Å²) in [5, 5.41) is 23.0. The molecule has 0 saturated carbocycles. The summed E-state index contributed by atoms with van der Waals surface area (Å²) in [6.45, 7) is 6.53. The Morgan fingerprint density at radius 3 is 2.58 bits per heavy atom. The van der Waals surface area contributed by atoms with Gasteiger partial charge in [-0.15, -0.1) is 5.10 Å². The van der Waals surface area contributed by atoms with Gasteiger partial charge in [0, 0.05) is 52.6 Å². The quantitative estimate of drug-likeness (QED) is 0.104. The second-order valence-corrected chi connectivity index (χ2v) is 19.4. The van der Waals surface area contributed by atoms with E-state index in [-0.39, 0.29) is 48.8 Å². The molecule has 4 N–H and O–H groups in total. The highest BCUT2D eigenvalue weighted by molar-refractivity contribution is 6.71. The molecule has 6 aromatic rings. The summed E-state index contributed by atoms with van der Waals surface area (Å²) in [7, 11) is -2.87. The number of H-pyrrole nitrogens is 1. The van der Waals surface area contributed by atoms with E-state index in [9.17, 15) is 19.5 Å². The number of hydrogen-bond acceptors (Lipinski definition) is 7. The molecule has 2 aliphatic heterocycles. The number of carbonyl (C=O) groups is 2. The molecule has 1 saturated heterocycles. The van der Waals surface area contributed by atoms with Gasteiger partial charge in [0.2, 0.25) is 5.91 Å². The number of aliphatic hydroxyl groups excluding tert-OH is 1. The number of aromatic nitrogens is 4. The van der Waals surface area contributed by atoms with Crippen molar-refractivity contribution >= 4 is 42.4 Å². The molecule has 0 bridgehead atoms. The molecule has 4 aromatic carbocycles. The number of aryl methyl sites for hydroxylation is 1. The number of amides is 2. The molecule has 8 rings (SSSR count). The fourth-order valence-electron chi connectivity index (χ4n) is 8.94. The number of anilines is 2. The zero-order valence-electron chi connectivity index (χ0n) is 31.2. The molecule has 2 aliphatic rings. The van der Waals surface area contributed by atoms with Gasteiger partial charge >= 0.3 is 0 Å². The van der Waals surface area contributed by atoms with Gasteiger partial charge < -0.3 is 29.8 Å². The Morgan fingerprint density at radius 2 is 1.78 bits per heavy atom. The number of nitrogens with zero attached hydrogens (tertiary/aromatic N) is 4. The molecular formula is C43H46N6O5Si. The Kier molecular flexibility index (Phi) is 9.76. The highest BCUT2D eigenvalue weighted by Crippen LogP contribution is 2.59. The number of aromatic amines is 1. The number of ether oxygens (including phenoxy) is 1. The monoisotopic (exact) mass is 754 g/mol. The van der Waals surface area contributed by atoms with E-state index in [1.165, 1.54) is 0 Å². The number of carbonyl (C=O) groups excluding carboxylic acids is 2. The summed E-state index contributed by atoms with van der Waals surface area (Å²) in [5.74, 6) is -0.882. The van der Waals surface area contributed by atoms with E-state index >= 15 is 0 Å². The maximum atomic E-state index is 14.9. The number of rotatable bonds is 12. The third-order valence-corrected chi connectivity index (χ3v) is 13.9. The second-order valence-electron chi connectivity index (χ2n) is 15.4. The summed E-state index contributed by atoms with van der Waals surface area (Å²) in [6.07, 6.45) is 4.06. The van der Waals surface area contributed by atoms with Crippen LogP contribution < -0.4 is 10.2 Å².